The number of nitrogens with zero attached hydrogens (tertiary/aromatic N) is 5. The van der Waals surface area contributed by atoms with Crippen molar-refractivity contribution in [2.24, 2.45) is 0 Å². The fraction of sp³-hybridized carbons (Fsp3) is 0.360. The number of fused-ring (bicyclic) bond motifs is 2. The van der Waals surface area contributed by atoms with Crippen molar-refractivity contribution in [2.45, 2.75) is 50.9 Å². The number of benzene rings is 1. The lowest BCUT2D eigenvalue weighted by Crippen LogP contribution is -2.46. The maximum absolute atomic E-state index is 15.1. The van der Waals surface area contributed by atoms with E-state index in [1.807, 2.05) is 6.07 Å². The van der Waals surface area contributed by atoms with Crippen molar-refractivity contribution in [1.82, 2.24) is 29.6 Å². The molecule has 1 saturated carbocycles. The zero-order chi connectivity index (χ0) is 25.1. The molecule has 1 aliphatic heterocycles. The minimum absolute atomic E-state index is 0.0844. The van der Waals surface area contributed by atoms with Crippen LogP contribution in [0.15, 0.2) is 47.4 Å². The molecule has 1 aromatic carbocycles. The van der Waals surface area contributed by atoms with Gasteiger partial charge in [0, 0.05) is 25.0 Å². The first kappa shape index (κ1) is 22.7. The van der Waals surface area contributed by atoms with Crippen LogP contribution in [0.5, 0.6) is 0 Å². The molecular weight excluding hydrogens is 471 g/mol. The second-order valence-electron chi connectivity index (χ2n) is 9.35. The van der Waals surface area contributed by atoms with Crippen molar-refractivity contribution in [1.29, 1.82) is 0 Å². The number of rotatable bonds is 5. The third-order valence-electron chi connectivity index (χ3n) is 6.81. The molecule has 0 atom stereocenters. The quantitative estimate of drug-likeness (QED) is 0.436. The van der Waals surface area contributed by atoms with Crippen LogP contribution in [0, 0.1) is 0 Å². The van der Waals surface area contributed by atoms with Gasteiger partial charge in [-0.25, -0.2) is 32.5 Å². The van der Waals surface area contributed by atoms with Gasteiger partial charge in [-0.15, -0.1) is 0 Å². The number of alkyl halides is 3. The topological polar surface area (TPSA) is 89.7 Å². The molecule has 3 aromatic heterocycles. The van der Waals surface area contributed by atoms with E-state index in [-0.39, 0.29) is 34.1 Å². The van der Waals surface area contributed by atoms with Crippen LogP contribution in [0.3, 0.4) is 0 Å². The molecule has 0 spiro atoms. The number of aromatic nitrogens is 5. The molecule has 2 N–H and O–H groups in total. The van der Waals surface area contributed by atoms with Gasteiger partial charge in [-0.1, -0.05) is 12.1 Å². The first-order valence-electron chi connectivity index (χ1n) is 11.9. The van der Waals surface area contributed by atoms with Gasteiger partial charge >= 0.3 is 0 Å². The minimum Gasteiger partial charge on any atom is -0.324 e. The zero-order valence-electron chi connectivity index (χ0n) is 19.6. The summed E-state index contributed by atoms with van der Waals surface area (Å²) in [7, 11) is 0. The molecule has 1 fully saturated rings. The number of anilines is 2. The smallest absolute Gasteiger partial charge is 0.278 e. The number of hydrogen-bond acceptors (Lipinski definition) is 6. The second kappa shape index (κ2) is 8.16. The van der Waals surface area contributed by atoms with Crippen LogP contribution in [0.2, 0.25) is 0 Å². The first-order chi connectivity index (χ1) is 17.3. The van der Waals surface area contributed by atoms with Crippen LogP contribution in [-0.2, 0) is 25.2 Å². The lowest BCUT2D eigenvalue weighted by molar-refractivity contribution is -0.176. The van der Waals surface area contributed by atoms with E-state index in [4.69, 9.17) is 0 Å². The Morgan fingerprint density at radius 1 is 1.11 bits per heavy atom. The van der Waals surface area contributed by atoms with Crippen molar-refractivity contribution in [3.63, 3.8) is 0 Å². The summed E-state index contributed by atoms with van der Waals surface area (Å²) in [6, 6.07) is 10.6. The number of pyridine rings is 1. The normalized spacial score (nSPS) is 18.0. The third kappa shape index (κ3) is 3.74. The monoisotopic (exact) mass is 495 g/mol. The Hall–Kier alpha value is -3.73. The fourth-order valence-electron chi connectivity index (χ4n) is 5.03. The molecular formula is C25H24F3N7O. The third-order valence-corrected chi connectivity index (χ3v) is 6.81. The van der Waals surface area contributed by atoms with Gasteiger partial charge in [-0.05, 0) is 55.3 Å². The summed E-state index contributed by atoms with van der Waals surface area (Å²) in [5, 5.41) is 6.82. The van der Waals surface area contributed by atoms with Crippen LogP contribution < -0.4 is 16.2 Å². The predicted molar refractivity (Wildman–Crippen MR) is 129 cm³/mol. The van der Waals surface area contributed by atoms with Crippen molar-refractivity contribution >= 4 is 22.7 Å². The molecule has 4 heterocycles. The van der Waals surface area contributed by atoms with Crippen LogP contribution in [0.25, 0.3) is 16.9 Å². The van der Waals surface area contributed by atoms with Crippen molar-refractivity contribution < 1.29 is 13.2 Å². The highest BCUT2D eigenvalue weighted by molar-refractivity contribution is 5.77. The Labute approximate surface area is 204 Å². The van der Waals surface area contributed by atoms with E-state index in [0.717, 1.165) is 25.2 Å². The zero-order valence-corrected chi connectivity index (χ0v) is 19.6. The molecule has 1 aliphatic carbocycles. The second-order valence-corrected chi connectivity index (χ2v) is 9.35. The maximum Gasteiger partial charge on any atom is 0.278 e. The van der Waals surface area contributed by atoms with Gasteiger partial charge in [0.15, 0.2) is 17.1 Å². The van der Waals surface area contributed by atoms with Crippen LogP contribution in [0.1, 0.15) is 36.6 Å². The summed E-state index contributed by atoms with van der Waals surface area (Å²) in [5.74, 6) is -2.53. The van der Waals surface area contributed by atoms with Crippen LogP contribution in [0.4, 0.5) is 24.8 Å². The van der Waals surface area contributed by atoms with E-state index in [0.29, 0.717) is 6.54 Å². The largest absolute Gasteiger partial charge is 0.324 e. The van der Waals surface area contributed by atoms with E-state index in [9.17, 15) is 13.6 Å². The van der Waals surface area contributed by atoms with E-state index in [1.165, 1.54) is 32.8 Å². The summed E-state index contributed by atoms with van der Waals surface area (Å²) in [5.41, 5.74) is 0.997. The first-order valence-corrected chi connectivity index (χ1v) is 11.9. The number of hydrogen-bond donors (Lipinski definition) is 2. The maximum atomic E-state index is 15.1. The van der Waals surface area contributed by atoms with Gasteiger partial charge in [0.25, 0.3) is 11.5 Å². The SMILES string of the molecule is CCn1c(=O)c2cnc(Nc3ccc4c(c3)CCNC4)nc2n1-c1cccc(C2(F)CC(F)(F)C2)n1. The van der Waals surface area contributed by atoms with Gasteiger partial charge in [0.2, 0.25) is 5.95 Å². The van der Waals surface area contributed by atoms with Crippen molar-refractivity contribution in [3.8, 4) is 5.82 Å². The summed E-state index contributed by atoms with van der Waals surface area (Å²) in [4.78, 5) is 26.3. The molecule has 8 nitrogen and oxygen atoms in total. The van der Waals surface area contributed by atoms with E-state index < -0.39 is 24.4 Å². The Bertz CT molecular complexity index is 1540. The summed E-state index contributed by atoms with van der Waals surface area (Å²) < 4.78 is 44.9. The molecule has 6 rings (SSSR count). The highest BCUT2D eigenvalue weighted by atomic mass is 19.3. The Morgan fingerprint density at radius 3 is 2.72 bits per heavy atom. The number of nitrogens with one attached hydrogen (secondary N) is 2. The molecule has 0 unspecified atom stereocenters. The predicted octanol–water partition coefficient (Wildman–Crippen LogP) is 3.98. The highest BCUT2D eigenvalue weighted by Gasteiger charge is 2.59. The minimum atomic E-state index is -3.04. The van der Waals surface area contributed by atoms with Gasteiger partial charge in [0.1, 0.15) is 5.39 Å². The molecule has 36 heavy (non-hydrogen) atoms. The van der Waals surface area contributed by atoms with Crippen molar-refractivity contribution in [3.05, 3.63) is 69.8 Å². The van der Waals surface area contributed by atoms with Gasteiger partial charge in [0.05, 0.1) is 18.5 Å². The van der Waals surface area contributed by atoms with Gasteiger partial charge in [-0.2, -0.15) is 4.98 Å². The average Bonchev–Trinajstić information content (AvgIpc) is 3.13. The van der Waals surface area contributed by atoms with Crippen molar-refractivity contribution in [2.75, 3.05) is 11.9 Å². The van der Waals surface area contributed by atoms with E-state index >= 15 is 4.39 Å². The lowest BCUT2D eigenvalue weighted by atomic mass is 9.76. The molecule has 186 valence electrons. The Morgan fingerprint density at radius 2 is 1.94 bits per heavy atom. The molecule has 0 radical (unpaired) electrons. The van der Waals surface area contributed by atoms with E-state index in [1.54, 1.807) is 19.1 Å². The van der Waals surface area contributed by atoms with Gasteiger partial charge in [-0.3, -0.25) is 4.79 Å². The molecule has 0 saturated heterocycles. The molecule has 4 aromatic rings. The number of halogens is 3. The highest BCUT2D eigenvalue weighted by Crippen LogP contribution is 2.53. The fourth-order valence-corrected chi connectivity index (χ4v) is 5.03. The van der Waals surface area contributed by atoms with Gasteiger partial charge < -0.3 is 10.6 Å². The molecule has 11 heteroatoms. The summed E-state index contributed by atoms with van der Waals surface area (Å²) in [6.07, 6.45) is 0.561. The standard InChI is InChI=1S/C25H24F3N7O/c1-2-34-22(36)18-12-30-23(31-17-7-6-16-11-29-9-8-15(16)10-17)33-21(18)35(34)20-5-3-4-19(32-20)24(26)13-25(27,28)14-24/h3-7,10,12,29H,2,8-9,11,13-14H2,1H3,(H,30,31,33). The summed E-state index contributed by atoms with van der Waals surface area (Å²) >= 11 is 0. The molecule has 2 aliphatic rings. The average molecular weight is 496 g/mol. The summed E-state index contributed by atoms with van der Waals surface area (Å²) in [6.45, 7) is 3.83. The Kier molecular flexibility index (Phi) is 5.15. The van der Waals surface area contributed by atoms with Crippen LogP contribution in [-0.4, -0.2) is 36.8 Å². The Balaban J connectivity index is 1.41. The van der Waals surface area contributed by atoms with Crippen LogP contribution >= 0.6 is 0 Å². The van der Waals surface area contributed by atoms with E-state index in [2.05, 4.69) is 37.7 Å². The lowest BCUT2D eigenvalue weighted by Gasteiger charge is -2.40. The molecule has 0 amide bonds. The molecule has 0 bridgehead atoms.